The lowest BCUT2D eigenvalue weighted by Crippen LogP contribution is -2.59. The molecule has 4 heterocycles. The second-order valence-corrected chi connectivity index (χ2v) is 8.20. The van der Waals surface area contributed by atoms with Crippen molar-refractivity contribution in [3.05, 3.63) is 35.2 Å². The van der Waals surface area contributed by atoms with Crippen molar-refractivity contribution in [3.8, 4) is 0 Å². The highest BCUT2D eigenvalue weighted by Gasteiger charge is 2.51. The molecule has 0 aromatic carbocycles. The number of aromatic amines is 2. The lowest BCUT2D eigenvalue weighted by Gasteiger charge is -2.50. The van der Waals surface area contributed by atoms with Crippen LogP contribution in [0.2, 0.25) is 0 Å². The zero-order chi connectivity index (χ0) is 19.3. The van der Waals surface area contributed by atoms with E-state index in [0.29, 0.717) is 18.8 Å². The normalized spacial score (nSPS) is 21.0. The lowest BCUT2D eigenvalue weighted by molar-refractivity contribution is -0.143. The van der Waals surface area contributed by atoms with E-state index in [-0.39, 0.29) is 23.3 Å². The molecule has 0 atom stereocenters. The lowest BCUT2D eigenvalue weighted by atomic mass is 9.78. The number of rotatable bonds is 3. The minimum atomic E-state index is -0.385. The van der Waals surface area contributed by atoms with Gasteiger partial charge in [0.25, 0.3) is 5.91 Å². The second-order valence-electron chi connectivity index (χ2n) is 8.20. The molecule has 2 aliphatic heterocycles. The fraction of sp³-hybridized carbons (Fsp3) is 0.600. The maximum absolute atomic E-state index is 13.0. The number of likely N-dealkylation sites (tertiary alicyclic amines) is 1. The van der Waals surface area contributed by atoms with E-state index in [1.807, 2.05) is 17.9 Å². The molecule has 2 amide bonds. The van der Waals surface area contributed by atoms with E-state index in [1.165, 1.54) is 0 Å². The summed E-state index contributed by atoms with van der Waals surface area (Å²) in [6.07, 6.45) is 6.84. The minimum Gasteiger partial charge on any atom is -0.348 e. The number of imidazole rings is 1. The number of nitrogens with one attached hydrogen (secondary N) is 2. The highest BCUT2D eigenvalue weighted by Crippen LogP contribution is 2.45. The van der Waals surface area contributed by atoms with E-state index >= 15 is 0 Å². The first-order chi connectivity index (χ1) is 13.6. The Morgan fingerprint density at radius 3 is 2.71 bits per heavy atom. The van der Waals surface area contributed by atoms with E-state index in [4.69, 9.17) is 0 Å². The van der Waals surface area contributed by atoms with Gasteiger partial charge in [-0.25, -0.2) is 4.98 Å². The Balaban J connectivity index is 1.39. The van der Waals surface area contributed by atoms with Gasteiger partial charge in [0, 0.05) is 43.4 Å². The molecule has 2 aromatic rings. The number of carbonyl (C=O) groups excluding carboxylic acids is 2. The number of piperidine rings is 1. The fourth-order valence-electron chi connectivity index (χ4n) is 4.75. The molecule has 2 N–H and O–H groups in total. The van der Waals surface area contributed by atoms with E-state index in [9.17, 15) is 9.59 Å². The molecule has 2 fully saturated rings. The quantitative estimate of drug-likeness (QED) is 0.843. The molecule has 3 aliphatic rings. The van der Waals surface area contributed by atoms with Gasteiger partial charge in [0.05, 0.1) is 17.6 Å². The number of aryl methyl sites for hydroxylation is 1. The van der Waals surface area contributed by atoms with Crippen LogP contribution in [0.4, 0.5) is 0 Å². The molecule has 0 radical (unpaired) electrons. The van der Waals surface area contributed by atoms with Crippen molar-refractivity contribution < 1.29 is 9.59 Å². The van der Waals surface area contributed by atoms with E-state index in [1.54, 1.807) is 6.33 Å². The van der Waals surface area contributed by atoms with Crippen LogP contribution in [0.5, 0.6) is 0 Å². The third-order valence-corrected chi connectivity index (χ3v) is 6.56. The van der Waals surface area contributed by atoms with Crippen LogP contribution in [0.3, 0.4) is 0 Å². The molecule has 8 heteroatoms. The zero-order valence-electron chi connectivity index (χ0n) is 16.2. The van der Waals surface area contributed by atoms with E-state index in [2.05, 4.69) is 25.1 Å². The van der Waals surface area contributed by atoms with E-state index < -0.39 is 0 Å². The Morgan fingerprint density at radius 1 is 1.25 bits per heavy atom. The van der Waals surface area contributed by atoms with Crippen molar-refractivity contribution in [1.29, 1.82) is 0 Å². The molecule has 8 nitrogen and oxygen atoms in total. The fourth-order valence-corrected chi connectivity index (χ4v) is 4.75. The number of fused-ring (bicyclic) bond motifs is 2. The first-order valence-corrected chi connectivity index (χ1v) is 10.3. The van der Waals surface area contributed by atoms with Crippen LogP contribution in [0.25, 0.3) is 0 Å². The second kappa shape index (κ2) is 6.46. The summed E-state index contributed by atoms with van der Waals surface area (Å²) in [6, 6.07) is 1.84. The van der Waals surface area contributed by atoms with Gasteiger partial charge in [-0.1, -0.05) is 6.92 Å². The zero-order valence-corrected chi connectivity index (χ0v) is 16.2. The van der Waals surface area contributed by atoms with Crippen molar-refractivity contribution in [1.82, 2.24) is 30.0 Å². The number of aromatic nitrogens is 4. The van der Waals surface area contributed by atoms with Gasteiger partial charge in [0.15, 0.2) is 0 Å². The maximum atomic E-state index is 13.0. The average molecular weight is 382 g/mol. The summed E-state index contributed by atoms with van der Waals surface area (Å²) in [6.45, 7) is 3.97. The van der Waals surface area contributed by atoms with Crippen LogP contribution in [0, 0.1) is 5.92 Å². The van der Waals surface area contributed by atoms with Gasteiger partial charge in [-0.2, -0.15) is 5.10 Å². The van der Waals surface area contributed by atoms with Crippen LogP contribution >= 0.6 is 0 Å². The van der Waals surface area contributed by atoms with Crippen LogP contribution in [0.1, 0.15) is 60.2 Å². The van der Waals surface area contributed by atoms with Gasteiger partial charge in [0.2, 0.25) is 5.91 Å². The summed E-state index contributed by atoms with van der Waals surface area (Å²) in [5, 5.41) is 7.09. The summed E-state index contributed by atoms with van der Waals surface area (Å²) in [5.41, 5.74) is 3.20. The molecule has 148 valence electrons. The molecule has 1 spiro atoms. The molecular weight excluding hydrogens is 356 g/mol. The largest absolute Gasteiger partial charge is 0.348 e. The molecule has 0 bridgehead atoms. The van der Waals surface area contributed by atoms with Crippen molar-refractivity contribution >= 4 is 11.8 Å². The first-order valence-electron chi connectivity index (χ1n) is 10.3. The third-order valence-electron chi connectivity index (χ3n) is 6.56. The Morgan fingerprint density at radius 2 is 2.04 bits per heavy atom. The van der Waals surface area contributed by atoms with Gasteiger partial charge < -0.3 is 14.8 Å². The van der Waals surface area contributed by atoms with Gasteiger partial charge in [-0.3, -0.25) is 14.7 Å². The van der Waals surface area contributed by atoms with Crippen molar-refractivity contribution in [2.45, 2.75) is 51.0 Å². The highest BCUT2D eigenvalue weighted by molar-refractivity contribution is 5.92. The maximum Gasteiger partial charge on any atom is 0.274 e. The van der Waals surface area contributed by atoms with E-state index in [0.717, 1.165) is 62.2 Å². The number of carbonyl (C=O) groups is 2. The standard InChI is InChI=1S/C20H26N6O2/c1-2-14-11-16(24-23-14)19(28)25-9-6-20(7-10-25)17-15(21-12-22-17)5-8-26(20)18(27)13-3-4-13/h11-13H,2-10H2,1H3,(H,21,22)(H,23,24). The summed E-state index contributed by atoms with van der Waals surface area (Å²) < 4.78 is 0. The third kappa shape index (κ3) is 2.65. The number of nitrogens with zero attached hydrogens (tertiary/aromatic N) is 4. The SMILES string of the molecule is CCc1cc(C(=O)N2CCC3(CC2)c2nc[nH]c2CCN3C(=O)C2CC2)n[nH]1. The molecule has 0 unspecified atom stereocenters. The van der Waals surface area contributed by atoms with Crippen LogP contribution < -0.4 is 0 Å². The molecule has 28 heavy (non-hydrogen) atoms. The summed E-state index contributed by atoms with van der Waals surface area (Å²) >= 11 is 0. The molecule has 1 saturated heterocycles. The molecule has 5 rings (SSSR count). The minimum absolute atomic E-state index is 0.0380. The summed E-state index contributed by atoms with van der Waals surface area (Å²) in [4.78, 5) is 37.7. The van der Waals surface area contributed by atoms with Gasteiger partial charge >= 0.3 is 0 Å². The molecule has 2 aromatic heterocycles. The number of hydrogen-bond donors (Lipinski definition) is 2. The Bertz CT molecular complexity index is 903. The molecule has 1 aliphatic carbocycles. The van der Waals surface area contributed by atoms with Gasteiger partial charge in [-0.05, 0) is 38.2 Å². The predicted octanol–water partition coefficient (Wildman–Crippen LogP) is 1.62. The topological polar surface area (TPSA) is 98.0 Å². The Hall–Kier alpha value is -2.64. The van der Waals surface area contributed by atoms with Crippen molar-refractivity contribution in [2.75, 3.05) is 19.6 Å². The van der Waals surface area contributed by atoms with Gasteiger partial charge in [-0.15, -0.1) is 0 Å². The highest BCUT2D eigenvalue weighted by atomic mass is 16.2. The summed E-state index contributed by atoms with van der Waals surface area (Å²) in [5.74, 6) is 0.422. The molecule has 1 saturated carbocycles. The van der Waals surface area contributed by atoms with Gasteiger partial charge in [0.1, 0.15) is 5.69 Å². The number of H-pyrrole nitrogens is 2. The Labute approximate surface area is 163 Å². The first kappa shape index (κ1) is 17.5. The Kier molecular flexibility index (Phi) is 4.03. The smallest absolute Gasteiger partial charge is 0.274 e. The molecular formula is C20H26N6O2. The average Bonchev–Trinajstić information content (AvgIpc) is 3.26. The summed E-state index contributed by atoms with van der Waals surface area (Å²) in [7, 11) is 0. The number of amides is 2. The van der Waals surface area contributed by atoms with Crippen molar-refractivity contribution in [3.63, 3.8) is 0 Å². The monoisotopic (exact) mass is 382 g/mol. The van der Waals surface area contributed by atoms with Crippen LogP contribution in [-0.4, -0.2) is 61.4 Å². The number of hydrogen-bond acceptors (Lipinski definition) is 4. The predicted molar refractivity (Wildman–Crippen MR) is 102 cm³/mol. The van der Waals surface area contributed by atoms with Crippen LogP contribution in [0.15, 0.2) is 12.4 Å². The van der Waals surface area contributed by atoms with Crippen molar-refractivity contribution in [2.24, 2.45) is 5.92 Å². The van der Waals surface area contributed by atoms with Crippen LogP contribution in [-0.2, 0) is 23.2 Å².